The Morgan fingerprint density at radius 2 is 1.95 bits per heavy atom. The van der Waals surface area contributed by atoms with E-state index in [9.17, 15) is 33.3 Å². The van der Waals surface area contributed by atoms with Gasteiger partial charge in [-0.05, 0) is 24.1 Å². The minimum absolute atomic E-state index is 0.0492. The number of aliphatic hydroxyl groups is 2. The SMILES string of the molecule is CC(=O)SCCC(O)C(O)c1ccc(O)c(C(F)(F)F)c1. The number of phenolic OH excluding ortho intramolecular Hbond substituents is 1. The highest BCUT2D eigenvalue weighted by Crippen LogP contribution is 2.37. The van der Waals surface area contributed by atoms with Crippen LogP contribution in [0.3, 0.4) is 0 Å². The van der Waals surface area contributed by atoms with E-state index in [2.05, 4.69) is 0 Å². The number of halogens is 3. The number of benzene rings is 1. The van der Waals surface area contributed by atoms with E-state index in [0.717, 1.165) is 23.9 Å². The Kier molecular flexibility index (Phi) is 6.06. The van der Waals surface area contributed by atoms with E-state index >= 15 is 0 Å². The molecule has 0 spiro atoms. The highest BCUT2D eigenvalue weighted by atomic mass is 32.2. The number of thioether (sulfide) groups is 1. The summed E-state index contributed by atoms with van der Waals surface area (Å²) < 4.78 is 37.9. The van der Waals surface area contributed by atoms with Crippen LogP contribution in [0.1, 0.15) is 30.6 Å². The molecule has 2 unspecified atom stereocenters. The monoisotopic (exact) mass is 324 g/mol. The number of phenols is 1. The van der Waals surface area contributed by atoms with E-state index in [1.54, 1.807) is 0 Å². The lowest BCUT2D eigenvalue weighted by atomic mass is 10.00. The van der Waals surface area contributed by atoms with Crippen LogP contribution in [0.15, 0.2) is 18.2 Å². The second kappa shape index (κ2) is 7.15. The minimum atomic E-state index is -4.75. The molecule has 21 heavy (non-hydrogen) atoms. The van der Waals surface area contributed by atoms with E-state index in [4.69, 9.17) is 0 Å². The normalized spacial score (nSPS) is 14.8. The molecule has 3 N–H and O–H groups in total. The average Bonchev–Trinajstić information content (AvgIpc) is 2.36. The van der Waals surface area contributed by atoms with Gasteiger partial charge in [-0.3, -0.25) is 4.79 Å². The molecule has 0 aliphatic heterocycles. The third-order valence-electron chi connectivity index (χ3n) is 2.75. The van der Waals surface area contributed by atoms with Gasteiger partial charge in [0.15, 0.2) is 5.12 Å². The Balaban J connectivity index is 2.82. The fraction of sp³-hybridized carbons (Fsp3) is 0.462. The molecule has 118 valence electrons. The van der Waals surface area contributed by atoms with E-state index < -0.39 is 29.7 Å². The summed E-state index contributed by atoms with van der Waals surface area (Å²) in [4.78, 5) is 10.7. The maximum Gasteiger partial charge on any atom is 0.419 e. The Bertz CT molecular complexity index is 505. The summed E-state index contributed by atoms with van der Waals surface area (Å²) in [5.41, 5.74) is -1.43. The van der Waals surface area contributed by atoms with E-state index in [-0.39, 0.29) is 22.9 Å². The molecule has 0 radical (unpaired) electrons. The summed E-state index contributed by atoms with van der Waals surface area (Å²) in [6, 6.07) is 2.52. The van der Waals surface area contributed by atoms with E-state index in [1.165, 1.54) is 6.92 Å². The van der Waals surface area contributed by atoms with Crippen LogP contribution in [0.4, 0.5) is 13.2 Å². The van der Waals surface area contributed by atoms with Gasteiger partial charge in [0.1, 0.15) is 11.9 Å². The summed E-state index contributed by atoms with van der Waals surface area (Å²) in [6.45, 7) is 1.35. The number of hydrogen-bond donors (Lipinski definition) is 3. The Labute approximate surface area is 123 Å². The molecule has 1 aromatic rings. The number of carbonyl (C=O) groups excluding carboxylic acids is 1. The number of carbonyl (C=O) groups is 1. The Morgan fingerprint density at radius 1 is 1.33 bits per heavy atom. The predicted molar refractivity (Wildman–Crippen MR) is 71.8 cm³/mol. The van der Waals surface area contributed by atoms with Crippen LogP contribution in [-0.2, 0) is 11.0 Å². The van der Waals surface area contributed by atoms with Crippen molar-refractivity contribution in [3.05, 3.63) is 29.3 Å². The summed E-state index contributed by atoms with van der Waals surface area (Å²) in [5, 5.41) is 28.6. The zero-order valence-electron chi connectivity index (χ0n) is 11.1. The number of aromatic hydroxyl groups is 1. The number of rotatable bonds is 5. The molecule has 0 heterocycles. The van der Waals surface area contributed by atoms with Crippen molar-refractivity contribution < 1.29 is 33.3 Å². The van der Waals surface area contributed by atoms with Gasteiger partial charge in [-0.25, -0.2) is 0 Å². The fourth-order valence-corrected chi connectivity index (χ4v) is 2.31. The largest absolute Gasteiger partial charge is 0.507 e. The molecule has 0 fully saturated rings. The number of hydrogen-bond acceptors (Lipinski definition) is 5. The molecule has 0 aromatic heterocycles. The minimum Gasteiger partial charge on any atom is -0.507 e. The van der Waals surface area contributed by atoms with Crippen LogP contribution in [0, 0.1) is 0 Å². The molecule has 8 heteroatoms. The Hall–Kier alpha value is -1.25. The van der Waals surface area contributed by atoms with E-state index in [1.807, 2.05) is 0 Å². The molecule has 1 aromatic carbocycles. The Morgan fingerprint density at radius 3 is 2.48 bits per heavy atom. The lowest BCUT2D eigenvalue weighted by Crippen LogP contribution is -2.20. The van der Waals surface area contributed by atoms with Crippen molar-refractivity contribution in [1.29, 1.82) is 0 Å². The first-order valence-corrected chi connectivity index (χ1v) is 7.01. The molecule has 0 aliphatic carbocycles. The molecule has 0 bridgehead atoms. The summed E-state index contributed by atoms with van der Waals surface area (Å²) in [7, 11) is 0. The van der Waals surface area contributed by atoms with Crippen molar-refractivity contribution in [2.75, 3.05) is 5.75 Å². The van der Waals surface area contributed by atoms with Gasteiger partial charge in [0.25, 0.3) is 0 Å². The maximum absolute atomic E-state index is 12.6. The molecule has 4 nitrogen and oxygen atoms in total. The molecule has 0 saturated heterocycles. The van der Waals surface area contributed by atoms with Crippen molar-refractivity contribution in [1.82, 2.24) is 0 Å². The fourth-order valence-electron chi connectivity index (χ4n) is 1.67. The summed E-state index contributed by atoms with van der Waals surface area (Å²) in [6.07, 6.45) is -7.54. The van der Waals surface area contributed by atoms with Crippen LogP contribution in [0.5, 0.6) is 5.75 Å². The van der Waals surface area contributed by atoms with Gasteiger partial charge in [-0.1, -0.05) is 17.8 Å². The van der Waals surface area contributed by atoms with Crippen molar-refractivity contribution in [2.45, 2.75) is 31.7 Å². The van der Waals surface area contributed by atoms with Gasteiger partial charge >= 0.3 is 6.18 Å². The standard InChI is InChI=1S/C13H15F3O4S/c1-7(17)21-5-4-11(19)12(20)8-2-3-10(18)9(6-8)13(14,15)16/h2-3,6,11-12,18-20H,4-5H2,1H3. The summed E-state index contributed by atoms with van der Waals surface area (Å²) in [5.74, 6) is -0.697. The number of aliphatic hydroxyl groups excluding tert-OH is 2. The highest BCUT2D eigenvalue weighted by Gasteiger charge is 2.35. The highest BCUT2D eigenvalue weighted by molar-refractivity contribution is 8.13. The van der Waals surface area contributed by atoms with Crippen molar-refractivity contribution in [2.24, 2.45) is 0 Å². The van der Waals surface area contributed by atoms with Gasteiger partial charge in [0, 0.05) is 12.7 Å². The van der Waals surface area contributed by atoms with Crippen LogP contribution in [-0.4, -0.2) is 32.3 Å². The zero-order valence-corrected chi connectivity index (χ0v) is 11.9. The molecular weight excluding hydrogens is 309 g/mol. The van der Waals surface area contributed by atoms with Gasteiger partial charge < -0.3 is 15.3 Å². The smallest absolute Gasteiger partial charge is 0.419 e. The quantitative estimate of drug-likeness (QED) is 0.775. The summed E-state index contributed by atoms with van der Waals surface area (Å²) >= 11 is 0.952. The van der Waals surface area contributed by atoms with E-state index in [0.29, 0.717) is 6.07 Å². The van der Waals surface area contributed by atoms with Crippen molar-refractivity contribution >= 4 is 16.9 Å². The zero-order chi connectivity index (χ0) is 16.2. The second-order valence-electron chi connectivity index (χ2n) is 4.42. The third kappa shape index (κ3) is 5.22. The first kappa shape index (κ1) is 17.8. The molecular formula is C13H15F3O4S. The van der Waals surface area contributed by atoms with Gasteiger partial charge in [0.05, 0.1) is 11.7 Å². The van der Waals surface area contributed by atoms with Gasteiger partial charge in [-0.2, -0.15) is 13.2 Å². The van der Waals surface area contributed by atoms with Crippen molar-refractivity contribution in [3.63, 3.8) is 0 Å². The maximum atomic E-state index is 12.6. The van der Waals surface area contributed by atoms with Gasteiger partial charge in [-0.15, -0.1) is 0 Å². The van der Waals surface area contributed by atoms with Crippen LogP contribution >= 0.6 is 11.8 Å². The predicted octanol–water partition coefficient (Wildman–Crippen LogP) is 2.48. The average molecular weight is 324 g/mol. The lowest BCUT2D eigenvalue weighted by Gasteiger charge is -2.19. The second-order valence-corrected chi connectivity index (χ2v) is 5.69. The topological polar surface area (TPSA) is 77.8 Å². The first-order chi connectivity index (χ1) is 9.62. The number of alkyl halides is 3. The lowest BCUT2D eigenvalue weighted by molar-refractivity contribution is -0.138. The van der Waals surface area contributed by atoms with Crippen LogP contribution < -0.4 is 0 Å². The third-order valence-corrected chi connectivity index (χ3v) is 3.60. The van der Waals surface area contributed by atoms with Crippen LogP contribution in [0.2, 0.25) is 0 Å². The molecule has 0 aliphatic rings. The molecule has 0 amide bonds. The van der Waals surface area contributed by atoms with Crippen molar-refractivity contribution in [3.8, 4) is 5.75 Å². The van der Waals surface area contributed by atoms with Crippen LogP contribution in [0.25, 0.3) is 0 Å². The molecule has 1 rings (SSSR count). The first-order valence-electron chi connectivity index (χ1n) is 6.02. The van der Waals surface area contributed by atoms with Gasteiger partial charge in [0.2, 0.25) is 0 Å². The molecule has 2 atom stereocenters. The molecule has 0 saturated carbocycles.